The second-order valence-electron chi connectivity index (χ2n) is 3.00. The van der Waals surface area contributed by atoms with Crippen molar-refractivity contribution in [1.29, 1.82) is 0 Å². The molecule has 1 rings (SSSR count). The molecule has 0 atom stereocenters. The maximum atomic E-state index is 10.2. The molecule has 0 amide bonds. The van der Waals surface area contributed by atoms with Gasteiger partial charge >= 0.3 is 0 Å². The van der Waals surface area contributed by atoms with Crippen molar-refractivity contribution in [3.8, 4) is 0 Å². The van der Waals surface area contributed by atoms with Crippen LogP contribution in [0.3, 0.4) is 0 Å². The van der Waals surface area contributed by atoms with Gasteiger partial charge in [0.2, 0.25) is 10.9 Å². The van der Waals surface area contributed by atoms with Gasteiger partial charge in [0.05, 0.1) is 0 Å². The third kappa shape index (κ3) is 3.18. The zero-order valence-corrected chi connectivity index (χ0v) is 7.22. The molecule has 1 saturated carbocycles. The molecule has 0 spiro atoms. The van der Waals surface area contributed by atoms with E-state index < -0.39 is 10.9 Å². The normalized spacial score (nSPS) is 32.5. The Morgan fingerprint density at radius 2 is 1.73 bits per heavy atom. The maximum Gasteiger partial charge on any atom is 0.201 e. The van der Waals surface area contributed by atoms with Gasteiger partial charge in [-0.2, -0.15) is 0 Å². The Balaban J connectivity index is 2.28. The van der Waals surface area contributed by atoms with Gasteiger partial charge in [-0.3, -0.25) is 0 Å². The van der Waals surface area contributed by atoms with E-state index in [4.69, 9.17) is 5.73 Å². The van der Waals surface area contributed by atoms with E-state index >= 15 is 0 Å². The van der Waals surface area contributed by atoms with Crippen molar-refractivity contribution < 1.29 is 8.42 Å². The minimum atomic E-state index is -2.43. The molecular formula is C6H14N2O2S. The summed E-state index contributed by atoms with van der Waals surface area (Å²) < 4.78 is 23.0. The number of hydrogen-bond donors (Lipinski definition) is 3. The van der Waals surface area contributed by atoms with Crippen molar-refractivity contribution in [2.75, 3.05) is 0 Å². The number of thiol groups is 1. The summed E-state index contributed by atoms with van der Waals surface area (Å²) in [6.45, 7) is 0. The van der Waals surface area contributed by atoms with Gasteiger partial charge < -0.3 is 5.73 Å². The summed E-state index contributed by atoms with van der Waals surface area (Å²) >= 11 is 0. The summed E-state index contributed by atoms with van der Waals surface area (Å²) in [6.07, 6.45) is 3.62. The van der Waals surface area contributed by atoms with Gasteiger partial charge in [-0.25, -0.2) is 13.1 Å². The first-order valence-corrected chi connectivity index (χ1v) is 5.02. The Hall–Kier alpha value is -0.130. The highest BCUT2D eigenvalue weighted by Crippen LogP contribution is 2.16. The molecule has 0 aromatic rings. The standard InChI is InChI=1S/C6H14N2O2S/c7-5-1-3-6(4-2-5)8-11(9)10/h5-6,11H,1-4,7H2,(H,8,9,10)/t5-,6-. The van der Waals surface area contributed by atoms with Crippen molar-refractivity contribution in [2.24, 2.45) is 5.73 Å². The first-order chi connectivity index (χ1) is 5.18. The third-order valence-electron chi connectivity index (χ3n) is 2.06. The van der Waals surface area contributed by atoms with Crippen molar-refractivity contribution >= 4 is 10.9 Å². The third-order valence-corrected chi connectivity index (χ3v) is 2.64. The lowest BCUT2D eigenvalue weighted by atomic mass is 9.93. The van der Waals surface area contributed by atoms with Gasteiger partial charge in [-0.1, -0.05) is 0 Å². The van der Waals surface area contributed by atoms with Gasteiger partial charge in [-0.15, -0.1) is 0 Å². The smallest absolute Gasteiger partial charge is 0.201 e. The van der Waals surface area contributed by atoms with Gasteiger partial charge in [0.15, 0.2) is 0 Å². The lowest BCUT2D eigenvalue weighted by Gasteiger charge is -2.24. The van der Waals surface area contributed by atoms with E-state index in [0.717, 1.165) is 25.7 Å². The Morgan fingerprint density at radius 3 is 2.18 bits per heavy atom. The highest BCUT2D eigenvalue weighted by atomic mass is 32.2. The van der Waals surface area contributed by atoms with Crippen LogP contribution >= 0.6 is 0 Å². The lowest BCUT2D eigenvalue weighted by molar-refractivity contribution is 0.376. The first kappa shape index (κ1) is 8.96. The molecule has 0 aromatic carbocycles. The summed E-state index contributed by atoms with van der Waals surface area (Å²) in [5.41, 5.74) is 5.65. The Kier molecular flexibility index (Phi) is 3.29. The Bertz CT molecular complexity index is 177. The van der Waals surface area contributed by atoms with Crippen molar-refractivity contribution in [2.45, 2.75) is 37.8 Å². The molecule has 0 radical (unpaired) electrons. The minimum absolute atomic E-state index is 0.135. The summed E-state index contributed by atoms with van der Waals surface area (Å²) in [6, 6.07) is 0.411. The molecule has 0 aromatic heterocycles. The number of hydrogen-bond acceptors (Lipinski definition) is 3. The monoisotopic (exact) mass is 178 g/mol. The molecule has 0 unspecified atom stereocenters. The maximum absolute atomic E-state index is 10.2. The number of nitrogens with two attached hydrogens (primary N) is 1. The Labute approximate surface area is 68.2 Å². The van der Waals surface area contributed by atoms with Crippen molar-refractivity contribution in [1.82, 2.24) is 4.72 Å². The van der Waals surface area contributed by atoms with E-state index in [0.29, 0.717) is 0 Å². The van der Waals surface area contributed by atoms with E-state index in [9.17, 15) is 8.42 Å². The fourth-order valence-corrected chi connectivity index (χ4v) is 1.95. The molecule has 0 aliphatic heterocycles. The van der Waals surface area contributed by atoms with Crippen molar-refractivity contribution in [3.05, 3.63) is 0 Å². The molecule has 66 valence electrons. The summed E-state index contributed by atoms with van der Waals surface area (Å²) in [4.78, 5) is 0. The number of rotatable bonds is 2. The molecule has 3 N–H and O–H groups in total. The average molecular weight is 178 g/mol. The molecule has 0 heterocycles. The van der Waals surface area contributed by atoms with E-state index in [2.05, 4.69) is 4.72 Å². The predicted octanol–water partition coefficient (Wildman–Crippen LogP) is -0.628. The van der Waals surface area contributed by atoms with Crippen LogP contribution < -0.4 is 10.5 Å². The highest BCUT2D eigenvalue weighted by Gasteiger charge is 2.17. The predicted molar refractivity (Wildman–Crippen MR) is 43.7 cm³/mol. The number of nitrogens with one attached hydrogen (secondary N) is 1. The fraction of sp³-hybridized carbons (Fsp3) is 1.00. The summed E-state index contributed by atoms with van der Waals surface area (Å²) in [7, 11) is -2.43. The zero-order valence-electron chi connectivity index (χ0n) is 6.32. The quantitative estimate of drug-likeness (QED) is 0.493. The summed E-state index contributed by atoms with van der Waals surface area (Å²) in [5, 5.41) is 0. The van der Waals surface area contributed by atoms with Crippen LogP contribution in [0.25, 0.3) is 0 Å². The van der Waals surface area contributed by atoms with Crippen LogP contribution in [0.15, 0.2) is 0 Å². The molecule has 11 heavy (non-hydrogen) atoms. The second-order valence-corrected chi connectivity index (χ2v) is 3.77. The summed E-state index contributed by atoms with van der Waals surface area (Å²) in [5.74, 6) is 0. The molecule has 1 aliphatic carbocycles. The van der Waals surface area contributed by atoms with Crippen LogP contribution in [-0.2, 0) is 10.9 Å². The van der Waals surface area contributed by atoms with Gasteiger partial charge in [0.1, 0.15) is 0 Å². The average Bonchev–Trinajstić information content (AvgIpc) is 1.93. The second kappa shape index (κ2) is 4.04. The highest BCUT2D eigenvalue weighted by molar-refractivity contribution is 7.70. The van der Waals surface area contributed by atoms with Gasteiger partial charge in [0.25, 0.3) is 0 Å². The molecule has 1 fully saturated rings. The van der Waals surface area contributed by atoms with Crippen LogP contribution in [-0.4, -0.2) is 20.5 Å². The van der Waals surface area contributed by atoms with Gasteiger partial charge in [-0.05, 0) is 25.7 Å². The molecule has 1 aliphatic rings. The lowest BCUT2D eigenvalue weighted by Crippen LogP contribution is -2.36. The van der Waals surface area contributed by atoms with E-state index in [-0.39, 0.29) is 12.1 Å². The zero-order chi connectivity index (χ0) is 8.27. The van der Waals surface area contributed by atoms with Crippen LogP contribution in [0.4, 0.5) is 0 Å². The Morgan fingerprint density at radius 1 is 1.18 bits per heavy atom. The van der Waals surface area contributed by atoms with Crippen LogP contribution in [0, 0.1) is 0 Å². The van der Waals surface area contributed by atoms with E-state index in [1.165, 1.54) is 0 Å². The molecule has 0 bridgehead atoms. The van der Waals surface area contributed by atoms with Crippen LogP contribution in [0.5, 0.6) is 0 Å². The SMILES string of the molecule is N[C@H]1CC[C@H](N[SH](=O)=O)CC1. The van der Waals surface area contributed by atoms with Gasteiger partial charge in [0, 0.05) is 12.1 Å². The first-order valence-electron chi connectivity index (χ1n) is 3.84. The van der Waals surface area contributed by atoms with Crippen LogP contribution in [0.1, 0.15) is 25.7 Å². The van der Waals surface area contributed by atoms with Crippen LogP contribution in [0.2, 0.25) is 0 Å². The minimum Gasteiger partial charge on any atom is -0.328 e. The molecule has 5 heteroatoms. The van der Waals surface area contributed by atoms with E-state index in [1.54, 1.807) is 0 Å². The topological polar surface area (TPSA) is 72.2 Å². The fourth-order valence-electron chi connectivity index (χ4n) is 1.40. The molecule has 0 saturated heterocycles. The van der Waals surface area contributed by atoms with Crippen molar-refractivity contribution in [3.63, 3.8) is 0 Å². The van der Waals surface area contributed by atoms with E-state index in [1.807, 2.05) is 0 Å². The largest absolute Gasteiger partial charge is 0.328 e. The molecular weight excluding hydrogens is 164 g/mol. The molecule has 4 nitrogen and oxygen atoms in total.